The third-order valence-corrected chi connectivity index (χ3v) is 5.80. The van der Waals surface area contributed by atoms with Crippen molar-refractivity contribution in [2.45, 2.75) is 31.4 Å². The zero-order valence-corrected chi connectivity index (χ0v) is 16.5. The molecule has 2 aromatic rings. The molecule has 1 aromatic heterocycles. The van der Waals surface area contributed by atoms with Crippen molar-refractivity contribution in [3.05, 3.63) is 29.7 Å². The highest BCUT2D eigenvalue weighted by atomic mass is 35.5. The fraction of sp³-hybridized carbons (Fsp3) is 0.500. The summed E-state index contributed by atoms with van der Waals surface area (Å²) in [7, 11) is 0. The summed E-state index contributed by atoms with van der Waals surface area (Å²) < 4.78 is 6.20. The number of likely N-dealkylation sites (tertiary alicyclic amines) is 2. The van der Waals surface area contributed by atoms with Crippen molar-refractivity contribution in [3.63, 3.8) is 0 Å². The van der Waals surface area contributed by atoms with Gasteiger partial charge in [0.05, 0.1) is 19.1 Å². The van der Waals surface area contributed by atoms with Gasteiger partial charge in [-0.1, -0.05) is 17.7 Å². The molecule has 2 saturated heterocycles. The number of hydrogen-bond acceptors (Lipinski definition) is 6. The van der Waals surface area contributed by atoms with Gasteiger partial charge in [0.2, 0.25) is 5.91 Å². The normalized spacial score (nSPS) is 22.7. The molecule has 2 aliphatic rings. The first kappa shape index (κ1) is 19.1. The zero-order valence-electron chi connectivity index (χ0n) is 15.8. The Morgan fingerprint density at radius 2 is 2.21 bits per heavy atom. The van der Waals surface area contributed by atoms with Gasteiger partial charge in [-0.25, -0.2) is 9.97 Å². The number of halogens is 1. The lowest BCUT2D eigenvalue weighted by Crippen LogP contribution is -2.43. The summed E-state index contributed by atoms with van der Waals surface area (Å²) in [6, 6.07) is 5.88. The van der Waals surface area contributed by atoms with Crippen molar-refractivity contribution in [2.75, 3.05) is 32.7 Å². The number of hydrogen-bond donors (Lipinski definition) is 0. The molecular formula is C20H24ClN5O2. The van der Waals surface area contributed by atoms with Crippen molar-refractivity contribution in [2.24, 2.45) is 4.99 Å². The van der Waals surface area contributed by atoms with Crippen LogP contribution in [0.5, 0.6) is 5.75 Å². The van der Waals surface area contributed by atoms with E-state index < -0.39 is 0 Å². The Labute approximate surface area is 169 Å². The number of benzene rings is 1. The number of para-hydroxylation sites is 1. The lowest BCUT2D eigenvalue weighted by Gasteiger charge is -2.26. The Morgan fingerprint density at radius 3 is 3.07 bits per heavy atom. The Balaban J connectivity index is 1.37. The third-order valence-electron chi connectivity index (χ3n) is 5.50. The highest BCUT2D eigenvalue weighted by Crippen LogP contribution is 2.29. The molecule has 2 atom stereocenters. The molecule has 0 bridgehead atoms. The van der Waals surface area contributed by atoms with E-state index in [2.05, 4.69) is 26.6 Å². The van der Waals surface area contributed by atoms with E-state index >= 15 is 0 Å². The summed E-state index contributed by atoms with van der Waals surface area (Å²) in [6.07, 6.45) is 4.41. The Morgan fingerprint density at radius 1 is 1.32 bits per heavy atom. The minimum atomic E-state index is 0.0244. The van der Waals surface area contributed by atoms with Crippen LogP contribution in [0.2, 0.25) is 5.15 Å². The third kappa shape index (κ3) is 3.95. The van der Waals surface area contributed by atoms with Crippen LogP contribution in [0.3, 0.4) is 0 Å². The van der Waals surface area contributed by atoms with Crippen LogP contribution in [0.4, 0.5) is 0 Å². The SMILES string of the molecule is C=NC[C@@H]1CCCN1C(=O)CN1CC[C@H](Oc2cccc3c(Cl)ncnc23)C1. The van der Waals surface area contributed by atoms with Crippen LogP contribution < -0.4 is 4.74 Å². The molecule has 0 unspecified atom stereocenters. The van der Waals surface area contributed by atoms with Gasteiger partial charge in [-0.15, -0.1) is 0 Å². The van der Waals surface area contributed by atoms with Gasteiger partial charge in [0.15, 0.2) is 0 Å². The quantitative estimate of drug-likeness (QED) is 0.549. The van der Waals surface area contributed by atoms with Crippen LogP contribution in [0, 0.1) is 0 Å². The number of carbonyl (C=O) groups is 1. The fourth-order valence-electron chi connectivity index (χ4n) is 4.13. The molecule has 8 heteroatoms. The average Bonchev–Trinajstić information content (AvgIpc) is 3.32. The minimum Gasteiger partial charge on any atom is -0.487 e. The first-order valence-electron chi connectivity index (χ1n) is 9.66. The van der Waals surface area contributed by atoms with E-state index in [0.717, 1.165) is 44.3 Å². The van der Waals surface area contributed by atoms with Crippen LogP contribution >= 0.6 is 11.6 Å². The standard InChI is InChI=1S/C20H24ClN5O2/c1-22-10-14-4-3-8-26(14)18(27)12-25-9-7-15(11-25)28-17-6-2-5-16-19(17)23-13-24-20(16)21/h2,5-6,13-15H,1,3-4,7-12H2/t14-,15-/m0/s1. The van der Waals surface area contributed by atoms with Crippen molar-refractivity contribution >= 4 is 35.1 Å². The van der Waals surface area contributed by atoms with Crippen LogP contribution in [-0.2, 0) is 4.79 Å². The number of aliphatic imine (C=N–C) groups is 1. The topological polar surface area (TPSA) is 70.9 Å². The van der Waals surface area contributed by atoms with E-state index in [4.69, 9.17) is 16.3 Å². The van der Waals surface area contributed by atoms with Gasteiger partial charge < -0.3 is 9.64 Å². The van der Waals surface area contributed by atoms with Gasteiger partial charge in [0, 0.05) is 25.0 Å². The van der Waals surface area contributed by atoms with Crippen LogP contribution in [0.25, 0.3) is 10.9 Å². The second-order valence-corrected chi connectivity index (χ2v) is 7.73. The number of aromatic nitrogens is 2. The number of carbonyl (C=O) groups excluding carboxylic acids is 1. The fourth-order valence-corrected chi connectivity index (χ4v) is 4.32. The highest BCUT2D eigenvalue weighted by molar-refractivity contribution is 6.34. The molecule has 4 rings (SSSR count). The molecule has 148 valence electrons. The minimum absolute atomic E-state index is 0.0244. The summed E-state index contributed by atoms with van der Waals surface area (Å²) in [5.41, 5.74) is 0.717. The van der Waals surface area contributed by atoms with Gasteiger partial charge in [-0.05, 0) is 38.1 Å². The van der Waals surface area contributed by atoms with Crippen LogP contribution in [-0.4, -0.2) is 77.3 Å². The second-order valence-electron chi connectivity index (χ2n) is 7.37. The van der Waals surface area contributed by atoms with Gasteiger partial charge in [0.25, 0.3) is 0 Å². The largest absolute Gasteiger partial charge is 0.487 e. The maximum Gasteiger partial charge on any atom is 0.237 e. The molecule has 0 radical (unpaired) electrons. The van der Waals surface area contributed by atoms with E-state index in [1.807, 2.05) is 23.1 Å². The molecule has 0 aliphatic carbocycles. The molecule has 7 nitrogen and oxygen atoms in total. The monoisotopic (exact) mass is 401 g/mol. The van der Waals surface area contributed by atoms with Gasteiger partial charge in [0.1, 0.15) is 28.9 Å². The maximum atomic E-state index is 12.7. The lowest BCUT2D eigenvalue weighted by molar-refractivity contribution is -0.132. The van der Waals surface area contributed by atoms with Crippen molar-refractivity contribution < 1.29 is 9.53 Å². The number of fused-ring (bicyclic) bond motifs is 1. The Kier molecular flexibility index (Phi) is 5.73. The first-order chi connectivity index (χ1) is 13.7. The molecular weight excluding hydrogens is 378 g/mol. The van der Waals surface area contributed by atoms with Crippen LogP contribution in [0.15, 0.2) is 29.5 Å². The van der Waals surface area contributed by atoms with Crippen molar-refractivity contribution in [3.8, 4) is 5.75 Å². The van der Waals surface area contributed by atoms with Gasteiger partial charge >= 0.3 is 0 Å². The molecule has 1 aromatic carbocycles. The van der Waals surface area contributed by atoms with Crippen molar-refractivity contribution in [1.29, 1.82) is 0 Å². The average molecular weight is 402 g/mol. The molecule has 0 saturated carbocycles. The zero-order chi connectivity index (χ0) is 19.5. The number of amides is 1. The molecule has 0 spiro atoms. The Bertz CT molecular complexity index is 877. The van der Waals surface area contributed by atoms with E-state index in [9.17, 15) is 4.79 Å². The van der Waals surface area contributed by atoms with E-state index in [-0.39, 0.29) is 18.1 Å². The summed E-state index contributed by atoms with van der Waals surface area (Å²) >= 11 is 6.15. The predicted molar refractivity (Wildman–Crippen MR) is 109 cm³/mol. The summed E-state index contributed by atoms with van der Waals surface area (Å²) in [5, 5.41) is 1.20. The van der Waals surface area contributed by atoms with E-state index in [1.165, 1.54) is 6.33 Å². The highest BCUT2D eigenvalue weighted by Gasteiger charge is 2.32. The summed E-state index contributed by atoms with van der Waals surface area (Å²) in [6.45, 7) is 7.01. The molecule has 3 heterocycles. The summed E-state index contributed by atoms with van der Waals surface area (Å²) in [5.74, 6) is 0.883. The van der Waals surface area contributed by atoms with Crippen molar-refractivity contribution in [1.82, 2.24) is 19.8 Å². The molecule has 2 aliphatic heterocycles. The number of ether oxygens (including phenoxy) is 1. The molecule has 0 N–H and O–H groups in total. The lowest BCUT2D eigenvalue weighted by atomic mass is 10.2. The molecule has 28 heavy (non-hydrogen) atoms. The second kappa shape index (κ2) is 8.41. The molecule has 2 fully saturated rings. The first-order valence-corrected chi connectivity index (χ1v) is 10.0. The summed E-state index contributed by atoms with van der Waals surface area (Å²) in [4.78, 5) is 29.2. The van der Waals surface area contributed by atoms with E-state index in [1.54, 1.807) is 0 Å². The predicted octanol–water partition coefficient (Wildman–Crippen LogP) is 2.43. The van der Waals surface area contributed by atoms with Gasteiger partial charge in [-0.3, -0.25) is 14.7 Å². The Hall–Kier alpha value is -2.25. The van der Waals surface area contributed by atoms with Crippen LogP contribution in [0.1, 0.15) is 19.3 Å². The van der Waals surface area contributed by atoms with E-state index in [0.29, 0.717) is 29.5 Å². The smallest absolute Gasteiger partial charge is 0.237 e. The van der Waals surface area contributed by atoms with Gasteiger partial charge in [-0.2, -0.15) is 0 Å². The number of rotatable bonds is 6. The molecule has 1 amide bonds. The number of nitrogens with zero attached hydrogens (tertiary/aromatic N) is 5. The maximum absolute atomic E-state index is 12.7.